The molecular formula is C7H10BrN2O4-. The summed E-state index contributed by atoms with van der Waals surface area (Å²) in [4.78, 5) is 21.4. The Morgan fingerprint density at radius 2 is 2.29 bits per heavy atom. The van der Waals surface area contributed by atoms with Crippen LogP contribution in [-0.2, 0) is 11.2 Å². The van der Waals surface area contributed by atoms with Gasteiger partial charge >= 0.3 is 5.97 Å². The molecule has 0 aliphatic rings. The molecule has 6 nitrogen and oxygen atoms in total. The Kier molecular flexibility index (Phi) is 4.58. The van der Waals surface area contributed by atoms with Crippen molar-refractivity contribution in [3.63, 3.8) is 0 Å². The van der Waals surface area contributed by atoms with Crippen molar-refractivity contribution >= 4 is 5.97 Å². The number of carbonyl (C=O) groups is 1. The zero-order valence-corrected chi connectivity index (χ0v) is 9.00. The van der Waals surface area contributed by atoms with Gasteiger partial charge in [-0.3, -0.25) is 9.59 Å². The number of hydrogen-bond acceptors (Lipinski definition) is 4. The largest absolute Gasteiger partial charge is 1.00 e. The Balaban J connectivity index is 0.00000169. The highest BCUT2D eigenvalue weighted by molar-refractivity contribution is 5.73. The van der Waals surface area contributed by atoms with Crippen molar-refractivity contribution < 1.29 is 31.4 Å². The molecule has 0 bridgehead atoms. The van der Waals surface area contributed by atoms with E-state index in [0.717, 1.165) is 0 Å². The molecule has 14 heavy (non-hydrogen) atoms. The Morgan fingerprint density at radius 3 is 2.64 bits per heavy atom. The fraction of sp³-hybridized carbons (Fsp3) is 0.429. The van der Waals surface area contributed by atoms with Crippen LogP contribution in [0.3, 0.4) is 0 Å². The van der Waals surface area contributed by atoms with Crippen LogP contribution in [0.25, 0.3) is 0 Å². The molecule has 0 aliphatic heterocycles. The zero-order valence-electron chi connectivity index (χ0n) is 7.41. The quantitative estimate of drug-likeness (QED) is 0.520. The molecule has 0 radical (unpaired) electrons. The van der Waals surface area contributed by atoms with E-state index in [0.29, 0.717) is 5.76 Å². The Labute approximate surface area is 89.8 Å². The molecule has 0 aliphatic carbocycles. The van der Waals surface area contributed by atoms with E-state index in [2.05, 4.69) is 9.68 Å². The minimum absolute atomic E-state index is 0. The average molecular weight is 266 g/mol. The highest BCUT2D eigenvalue weighted by Crippen LogP contribution is 2.03. The second-order valence-electron chi connectivity index (χ2n) is 2.72. The van der Waals surface area contributed by atoms with E-state index in [1.54, 1.807) is 6.92 Å². The Bertz CT molecular complexity index is 370. The summed E-state index contributed by atoms with van der Waals surface area (Å²) in [7, 11) is 0. The van der Waals surface area contributed by atoms with Crippen LogP contribution in [0.5, 0.6) is 0 Å². The first-order valence-corrected chi connectivity index (χ1v) is 3.67. The number of rotatable bonds is 3. The van der Waals surface area contributed by atoms with Crippen LogP contribution < -0.4 is 28.3 Å². The van der Waals surface area contributed by atoms with Crippen molar-refractivity contribution in [3.8, 4) is 0 Å². The number of carboxylic acid groups (broad SMARTS) is 1. The average Bonchev–Trinajstić information content (AvgIpc) is 2.35. The minimum atomic E-state index is -1.14. The van der Waals surface area contributed by atoms with Crippen LogP contribution in [0.4, 0.5) is 0 Å². The molecule has 0 amide bonds. The van der Waals surface area contributed by atoms with E-state index in [9.17, 15) is 9.59 Å². The number of aromatic nitrogens is 1. The molecule has 1 aromatic heterocycles. The van der Waals surface area contributed by atoms with Crippen LogP contribution in [0.1, 0.15) is 11.3 Å². The summed E-state index contributed by atoms with van der Waals surface area (Å²) in [5.41, 5.74) is 5.12. The molecule has 0 fully saturated rings. The van der Waals surface area contributed by atoms with E-state index in [-0.39, 0.29) is 29.0 Å². The van der Waals surface area contributed by atoms with Gasteiger partial charge in [0, 0.05) is 6.42 Å². The third-order valence-electron chi connectivity index (χ3n) is 1.74. The molecule has 7 heteroatoms. The second-order valence-corrected chi connectivity index (χ2v) is 2.72. The van der Waals surface area contributed by atoms with Crippen LogP contribution in [0.15, 0.2) is 9.32 Å². The van der Waals surface area contributed by atoms with Crippen LogP contribution in [-0.4, -0.2) is 22.3 Å². The smallest absolute Gasteiger partial charge is 0.320 e. The Hall–Kier alpha value is -1.08. The summed E-state index contributed by atoms with van der Waals surface area (Å²) in [6.45, 7) is 1.57. The van der Waals surface area contributed by atoms with Gasteiger partial charge in [-0.1, -0.05) is 0 Å². The lowest BCUT2D eigenvalue weighted by molar-refractivity contribution is -0.138. The molecule has 1 rings (SSSR count). The summed E-state index contributed by atoms with van der Waals surface area (Å²) in [6, 6.07) is -1.07. The van der Waals surface area contributed by atoms with Gasteiger partial charge in [0.1, 0.15) is 11.8 Å². The number of carboxylic acids is 1. The number of aryl methyl sites for hydroxylation is 1. The topological polar surface area (TPSA) is 109 Å². The first kappa shape index (κ1) is 12.9. The maximum atomic E-state index is 11.0. The molecule has 1 aromatic rings. The van der Waals surface area contributed by atoms with E-state index in [1.165, 1.54) is 0 Å². The number of H-pyrrole nitrogens is 1. The summed E-state index contributed by atoms with van der Waals surface area (Å²) >= 11 is 0. The third kappa shape index (κ3) is 2.71. The SMILES string of the molecule is Cc1o[nH]c(=O)c1CC(N)C(=O)O.[Br-]. The molecule has 0 aromatic carbocycles. The highest BCUT2D eigenvalue weighted by atomic mass is 79.9. The van der Waals surface area contributed by atoms with Gasteiger partial charge in [-0.2, -0.15) is 5.16 Å². The lowest BCUT2D eigenvalue weighted by Gasteiger charge is -2.02. The maximum Gasteiger partial charge on any atom is 0.320 e. The molecule has 1 atom stereocenters. The first-order valence-electron chi connectivity index (χ1n) is 3.67. The van der Waals surface area contributed by atoms with Gasteiger partial charge in [-0.05, 0) is 6.92 Å². The van der Waals surface area contributed by atoms with Crippen LogP contribution in [0, 0.1) is 6.92 Å². The molecule has 0 saturated carbocycles. The van der Waals surface area contributed by atoms with Gasteiger partial charge in [0.2, 0.25) is 0 Å². The van der Waals surface area contributed by atoms with E-state index in [1.807, 2.05) is 0 Å². The predicted molar refractivity (Wildman–Crippen MR) is 43.4 cm³/mol. The molecule has 1 heterocycles. The number of aliphatic carboxylic acids is 1. The fourth-order valence-electron chi connectivity index (χ4n) is 0.950. The van der Waals surface area contributed by atoms with Gasteiger partial charge in [-0.25, -0.2) is 0 Å². The number of aromatic amines is 1. The van der Waals surface area contributed by atoms with E-state index >= 15 is 0 Å². The lowest BCUT2D eigenvalue weighted by atomic mass is 10.1. The van der Waals surface area contributed by atoms with Crippen LogP contribution in [0.2, 0.25) is 0 Å². The van der Waals surface area contributed by atoms with Crippen molar-refractivity contribution in [1.82, 2.24) is 5.16 Å². The van der Waals surface area contributed by atoms with Crippen molar-refractivity contribution in [2.24, 2.45) is 5.73 Å². The van der Waals surface area contributed by atoms with E-state index < -0.39 is 17.6 Å². The zero-order chi connectivity index (χ0) is 10.0. The summed E-state index contributed by atoms with van der Waals surface area (Å²) in [5.74, 6) is -0.762. The lowest BCUT2D eigenvalue weighted by Crippen LogP contribution is -3.00. The maximum absolute atomic E-state index is 11.0. The molecule has 4 N–H and O–H groups in total. The van der Waals surface area contributed by atoms with Crippen molar-refractivity contribution in [3.05, 3.63) is 21.7 Å². The molecule has 80 valence electrons. The van der Waals surface area contributed by atoms with Gasteiger partial charge in [0.15, 0.2) is 0 Å². The first-order chi connectivity index (χ1) is 6.02. The number of nitrogens with one attached hydrogen (secondary N) is 1. The molecular weight excluding hydrogens is 256 g/mol. The standard InChI is InChI=1S/C7H10N2O4.BrH/c1-3-4(6(10)9-13-3)2-5(8)7(11)12;/h5H,2,8H2,1H3,(H,9,10)(H,11,12);1H/p-1. The molecule has 0 spiro atoms. The van der Waals surface area contributed by atoms with Crippen molar-refractivity contribution in [2.75, 3.05) is 0 Å². The molecule has 0 saturated heterocycles. The monoisotopic (exact) mass is 265 g/mol. The Morgan fingerprint density at radius 1 is 1.71 bits per heavy atom. The number of nitrogens with two attached hydrogens (primary N) is 1. The summed E-state index contributed by atoms with van der Waals surface area (Å²) in [5, 5.41) is 10.6. The predicted octanol–water partition coefficient (Wildman–Crippen LogP) is -3.77. The minimum Gasteiger partial charge on any atom is -1.00 e. The second kappa shape index (κ2) is 4.97. The van der Waals surface area contributed by atoms with Gasteiger partial charge < -0.3 is 32.3 Å². The van der Waals surface area contributed by atoms with Gasteiger partial charge in [0.25, 0.3) is 5.56 Å². The van der Waals surface area contributed by atoms with Gasteiger partial charge in [0.05, 0.1) is 5.56 Å². The highest BCUT2D eigenvalue weighted by Gasteiger charge is 2.17. The number of hydrogen-bond donors (Lipinski definition) is 3. The molecule has 1 unspecified atom stereocenters. The van der Waals surface area contributed by atoms with E-state index in [4.69, 9.17) is 10.8 Å². The fourth-order valence-corrected chi connectivity index (χ4v) is 0.950. The normalized spacial score (nSPS) is 11.9. The third-order valence-corrected chi connectivity index (χ3v) is 1.74. The van der Waals surface area contributed by atoms with Crippen LogP contribution >= 0.6 is 0 Å². The number of halogens is 1. The van der Waals surface area contributed by atoms with Gasteiger partial charge in [-0.15, -0.1) is 0 Å². The van der Waals surface area contributed by atoms with Crippen molar-refractivity contribution in [1.29, 1.82) is 0 Å². The van der Waals surface area contributed by atoms with Crippen molar-refractivity contribution in [2.45, 2.75) is 19.4 Å². The summed E-state index contributed by atoms with van der Waals surface area (Å²) in [6.07, 6.45) is -0.0208. The summed E-state index contributed by atoms with van der Waals surface area (Å²) < 4.78 is 4.69.